The lowest BCUT2D eigenvalue weighted by atomic mass is 9.84. The van der Waals surface area contributed by atoms with Gasteiger partial charge in [-0.1, -0.05) is 12.1 Å². The van der Waals surface area contributed by atoms with Crippen molar-refractivity contribution < 1.29 is 14.3 Å². The van der Waals surface area contributed by atoms with Crippen LogP contribution in [0.5, 0.6) is 0 Å². The number of para-hydroxylation sites is 2. The van der Waals surface area contributed by atoms with Gasteiger partial charge in [-0.15, -0.1) is 0 Å². The number of carbonyl (C=O) groups is 2. The van der Waals surface area contributed by atoms with E-state index in [1.54, 1.807) is 12.5 Å². The van der Waals surface area contributed by atoms with E-state index in [1.807, 2.05) is 35.0 Å². The third-order valence-corrected chi connectivity index (χ3v) is 6.09. The summed E-state index contributed by atoms with van der Waals surface area (Å²) in [5, 5.41) is 3.01. The Morgan fingerprint density at radius 1 is 1.13 bits per heavy atom. The number of morpholine rings is 1. The second kappa shape index (κ2) is 8.95. The normalized spacial score (nSPS) is 20.0. The highest BCUT2D eigenvalue weighted by molar-refractivity contribution is 5.94. The number of ether oxygens (including phenoxy) is 1. The fraction of sp³-hybridized carbons (Fsp3) is 0.476. The van der Waals surface area contributed by atoms with Crippen LogP contribution in [0.1, 0.15) is 12.8 Å². The van der Waals surface area contributed by atoms with E-state index in [-0.39, 0.29) is 18.4 Å². The summed E-state index contributed by atoms with van der Waals surface area (Å²) in [5.74, 6) is -0.358. The standard InChI is InChI=1S/C21H28N6O3/c22-20(29)21(27-11-13-30-14-12-27)5-8-25(9-6-21)15-19(28)24-17-3-1-2-4-18(17)26-10-7-23-16-26/h1-4,7,10,16H,5-6,8-9,11-15H2,(H2,22,29)(H,24,28). The minimum absolute atomic E-state index is 0.0829. The minimum atomic E-state index is -0.634. The number of piperidine rings is 1. The number of imidazole rings is 1. The third-order valence-electron chi connectivity index (χ3n) is 6.09. The molecule has 2 saturated heterocycles. The summed E-state index contributed by atoms with van der Waals surface area (Å²) >= 11 is 0. The Kier molecular flexibility index (Phi) is 6.12. The van der Waals surface area contributed by atoms with Gasteiger partial charge < -0.3 is 20.4 Å². The van der Waals surface area contributed by atoms with E-state index in [2.05, 4.69) is 20.1 Å². The molecule has 1 aromatic carbocycles. The lowest BCUT2D eigenvalue weighted by Crippen LogP contribution is -2.64. The van der Waals surface area contributed by atoms with Crippen LogP contribution in [-0.4, -0.2) is 82.6 Å². The maximum absolute atomic E-state index is 12.7. The smallest absolute Gasteiger partial charge is 0.238 e. The lowest BCUT2D eigenvalue weighted by molar-refractivity contribution is -0.138. The van der Waals surface area contributed by atoms with Crippen LogP contribution in [0.2, 0.25) is 0 Å². The zero-order valence-corrected chi connectivity index (χ0v) is 17.0. The van der Waals surface area contributed by atoms with Crippen LogP contribution >= 0.6 is 0 Å². The number of nitrogens with zero attached hydrogens (tertiary/aromatic N) is 4. The molecule has 1 aromatic heterocycles. The zero-order valence-electron chi connectivity index (χ0n) is 17.0. The summed E-state index contributed by atoms with van der Waals surface area (Å²) in [6.45, 7) is 4.25. The first-order valence-electron chi connectivity index (χ1n) is 10.3. The lowest BCUT2D eigenvalue weighted by Gasteiger charge is -2.47. The average Bonchev–Trinajstić information content (AvgIpc) is 3.30. The molecule has 0 aliphatic carbocycles. The molecule has 2 fully saturated rings. The van der Waals surface area contributed by atoms with Crippen molar-refractivity contribution in [1.29, 1.82) is 0 Å². The van der Waals surface area contributed by atoms with Gasteiger partial charge in [-0.3, -0.25) is 19.4 Å². The Hall–Kier alpha value is -2.75. The molecule has 0 bridgehead atoms. The second-order valence-corrected chi connectivity index (χ2v) is 7.81. The van der Waals surface area contributed by atoms with Gasteiger partial charge in [-0.2, -0.15) is 0 Å². The summed E-state index contributed by atoms with van der Waals surface area (Å²) in [5.41, 5.74) is 6.78. The van der Waals surface area contributed by atoms with E-state index in [4.69, 9.17) is 10.5 Å². The predicted octanol–water partition coefficient (Wildman–Crippen LogP) is 0.463. The van der Waals surface area contributed by atoms with Crippen molar-refractivity contribution in [2.45, 2.75) is 18.4 Å². The van der Waals surface area contributed by atoms with E-state index < -0.39 is 5.54 Å². The van der Waals surface area contributed by atoms with E-state index in [1.165, 1.54) is 0 Å². The molecular formula is C21H28N6O3. The van der Waals surface area contributed by atoms with Crippen LogP contribution in [0.15, 0.2) is 43.0 Å². The summed E-state index contributed by atoms with van der Waals surface area (Å²) in [7, 11) is 0. The van der Waals surface area contributed by atoms with Crippen LogP contribution in [-0.2, 0) is 14.3 Å². The predicted molar refractivity (Wildman–Crippen MR) is 112 cm³/mol. The first kappa shape index (κ1) is 20.5. The summed E-state index contributed by atoms with van der Waals surface area (Å²) in [6.07, 6.45) is 6.49. The Morgan fingerprint density at radius 3 is 2.53 bits per heavy atom. The van der Waals surface area contributed by atoms with Gasteiger partial charge in [0, 0.05) is 38.6 Å². The molecule has 0 unspecified atom stereocenters. The number of rotatable bonds is 6. The number of nitrogens with two attached hydrogens (primary N) is 1. The fourth-order valence-electron chi connectivity index (χ4n) is 4.39. The molecule has 4 rings (SSSR count). The van der Waals surface area contributed by atoms with Crippen LogP contribution in [0.25, 0.3) is 5.69 Å². The maximum Gasteiger partial charge on any atom is 0.238 e. The van der Waals surface area contributed by atoms with Crippen molar-refractivity contribution in [2.24, 2.45) is 5.73 Å². The molecule has 9 heteroatoms. The average molecular weight is 412 g/mol. The molecule has 3 heterocycles. The molecular weight excluding hydrogens is 384 g/mol. The highest BCUT2D eigenvalue weighted by Gasteiger charge is 2.45. The van der Waals surface area contributed by atoms with Gasteiger partial charge in [-0.05, 0) is 25.0 Å². The SMILES string of the molecule is NC(=O)C1(N2CCOCC2)CCN(CC(=O)Nc2ccccc2-n2ccnc2)CC1. The number of primary amides is 1. The molecule has 3 N–H and O–H groups in total. The van der Waals surface area contributed by atoms with Gasteiger partial charge >= 0.3 is 0 Å². The van der Waals surface area contributed by atoms with Gasteiger partial charge in [-0.25, -0.2) is 4.98 Å². The first-order valence-corrected chi connectivity index (χ1v) is 10.3. The fourth-order valence-corrected chi connectivity index (χ4v) is 4.39. The molecule has 160 valence electrons. The Balaban J connectivity index is 1.36. The van der Waals surface area contributed by atoms with Gasteiger partial charge in [0.25, 0.3) is 0 Å². The van der Waals surface area contributed by atoms with Crippen molar-refractivity contribution in [3.8, 4) is 5.69 Å². The number of amides is 2. The number of hydrogen-bond donors (Lipinski definition) is 2. The number of anilines is 1. The zero-order chi connectivity index (χ0) is 21.0. The third kappa shape index (κ3) is 4.23. The Morgan fingerprint density at radius 2 is 1.87 bits per heavy atom. The summed E-state index contributed by atoms with van der Waals surface area (Å²) in [6, 6.07) is 7.62. The second-order valence-electron chi connectivity index (χ2n) is 7.81. The van der Waals surface area contributed by atoms with Gasteiger partial charge in [0.2, 0.25) is 11.8 Å². The number of likely N-dealkylation sites (tertiary alicyclic amines) is 1. The molecule has 2 aromatic rings. The summed E-state index contributed by atoms with van der Waals surface area (Å²) < 4.78 is 7.28. The molecule has 2 aliphatic rings. The molecule has 0 atom stereocenters. The molecule has 0 saturated carbocycles. The summed E-state index contributed by atoms with van der Waals surface area (Å²) in [4.78, 5) is 33.3. The quantitative estimate of drug-likeness (QED) is 0.714. The number of hydrogen-bond acceptors (Lipinski definition) is 6. The van der Waals surface area contributed by atoms with E-state index >= 15 is 0 Å². The van der Waals surface area contributed by atoms with E-state index in [0.29, 0.717) is 52.2 Å². The minimum Gasteiger partial charge on any atom is -0.379 e. The highest BCUT2D eigenvalue weighted by Crippen LogP contribution is 2.30. The van der Waals surface area contributed by atoms with Crippen LogP contribution in [0, 0.1) is 0 Å². The van der Waals surface area contributed by atoms with E-state index in [9.17, 15) is 9.59 Å². The van der Waals surface area contributed by atoms with Crippen molar-refractivity contribution in [1.82, 2.24) is 19.4 Å². The molecule has 2 aliphatic heterocycles. The van der Waals surface area contributed by atoms with Crippen LogP contribution in [0.4, 0.5) is 5.69 Å². The van der Waals surface area contributed by atoms with Crippen molar-refractivity contribution in [3.63, 3.8) is 0 Å². The maximum atomic E-state index is 12.7. The number of benzene rings is 1. The molecule has 0 radical (unpaired) electrons. The number of carbonyl (C=O) groups excluding carboxylic acids is 2. The van der Waals surface area contributed by atoms with Gasteiger partial charge in [0.15, 0.2) is 0 Å². The van der Waals surface area contributed by atoms with Gasteiger partial charge in [0.1, 0.15) is 5.54 Å². The van der Waals surface area contributed by atoms with Gasteiger partial charge in [0.05, 0.1) is 37.5 Å². The first-order chi connectivity index (χ1) is 14.6. The Labute approximate surface area is 175 Å². The van der Waals surface area contributed by atoms with Crippen molar-refractivity contribution in [2.75, 3.05) is 51.3 Å². The van der Waals surface area contributed by atoms with Crippen LogP contribution < -0.4 is 11.1 Å². The molecule has 9 nitrogen and oxygen atoms in total. The molecule has 30 heavy (non-hydrogen) atoms. The molecule has 0 spiro atoms. The van der Waals surface area contributed by atoms with E-state index in [0.717, 1.165) is 11.4 Å². The monoisotopic (exact) mass is 412 g/mol. The number of aromatic nitrogens is 2. The Bertz CT molecular complexity index is 871. The number of nitrogens with one attached hydrogen (secondary N) is 1. The van der Waals surface area contributed by atoms with Crippen molar-refractivity contribution >= 4 is 17.5 Å². The highest BCUT2D eigenvalue weighted by atomic mass is 16.5. The van der Waals surface area contributed by atoms with Crippen molar-refractivity contribution in [3.05, 3.63) is 43.0 Å². The topological polar surface area (TPSA) is 106 Å². The van der Waals surface area contributed by atoms with Crippen LogP contribution in [0.3, 0.4) is 0 Å². The largest absolute Gasteiger partial charge is 0.379 e. The molecule has 2 amide bonds.